The molecule has 0 saturated carbocycles. The van der Waals surface area contributed by atoms with Gasteiger partial charge in [0.05, 0.1) is 30.6 Å². The fourth-order valence-electron chi connectivity index (χ4n) is 1.62. The van der Waals surface area contributed by atoms with Crippen LogP contribution in [0.15, 0.2) is 24.3 Å². The van der Waals surface area contributed by atoms with Crippen LogP contribution in [0.2, 0.25) is 0 Å². The zero-order chi connectivity index (χ0) is 13.4. The van der Waals surface area contributed by atoms with Gasteiger partial charge in [0.2, 0.25) is 0 Å². The molecule has 0 unspecified atom stereocenters. The van der Waals surface area contributed by atoms with Crippen LogP contribution in [0, 0.1) is 22.7 Å². The minimum Gasteiger partial charge on any atom is -0.494 e. The Bertz CT molecular complexity index is 453. The average molecular weight is 242 g/mol. The van der Waals surface area contributed by atoms with Crippen LogP contribution in [-0.4, -0.2) is 6.61 Å². The fourth-order valence-corrected chi connectivity index (χ4v) is 1.62. The number of rotatable bonds is 6. The zero-order valence-electron chi connectivity index (χ0n) is 10.9. The van der Waals surface area contributed by atoms with Gasteiger partial charge in [-0.1, -0.05) is 25.5 Å². The van der Waals surface area contributed by atoms with Crippen molar-refractivity contribution in [3.05, 3.63) is 29.8 Å². The van der Waals surface area contributed by atoms with Crippen molar-refractivity contribution in [1.29, 1.82) is 10.5 Å². The summed E-state index contributed by atoms with van der Waals surface area (Å²) in [6, 6.07) is 11.7. The smallest absolute Gasteiger partial charge is 0.119 e. The molecule has 1 rings (SSSR count). The second kappa shape index (κ2) is 6.67. The lowest BCUT2D eigenvalue weighted by molar-refractivity contribution is 0.309. The molecule has 0 radical (unpaired) electrons. The second-order valence-electron chi connectivity index (χ2n) is 4.51. The molecule has 1 aromatic rings. The number of nitrogens with zero attached hydrogens (tertiary/aromatic N) is 2. The highest BCUT2D eigenvalue weighted by atomic mass is 16.5. The van der Waals surface area contributed by atoms with Crippen molar-refractivity contribution in [3.8, 4) is 17.9 Å². The SMILES string of the molecule is CCCCOc1ccc([C@](C)(C#N)CC#N)cc1. The highest BCUT2D eigenvalue weighted by Crippen LogP contribution is 2.28. The molecule has 3 nitrogen and oxygen atoms in total. The van der Waals surface area contributed by atoms with Crippen molar-refractivity contribution in [3.63, 3.8) is 0 Å². The Hall–Kier alpha value is -2.00. The molecule has 0 aromatic heterocycles. The van der Waals surface area contributed by atoms with E-state index >= 15 is 0 Å². The van der Waals surface area contributed by atoms with Crippen molar-refractivity contribution >= 4 is 0 Å². The highest BCUT2D eigenvalue weighted by Gasteiger charge is 2.26. The number of hydrogen-bond acceptors (Lipinski definition) is 3. The maximum Gasteiger partial charge on any atom is 0.119 e. The predicted molar refractivity (Wildman–Crippen MR) is 70.0 cm³/mol. The van der Waals surface area contributed by atoms with Crippen LogP contribution >= 0.6 is 0 Å². The maximum atomic E-state index is 9.18. The van der Waals surface area contributed by atoms with Gasteiger partial charge in [0.15, 0.2) is 0 Å². The molecule has 0 spiro atoms. The average Bonchev–Trinajstić information content (AvgIpc) is 2.40. The molecule has 0 saturated heterocycles. The maximum absolute atomic E-state index is 9.18. The van der Waals surface area contributed by atoms with Gasteiger partial charge in [-0.05, 0) is 31.0 Å². The first-order valence-electron chi connectivity index (χ1n) is 6.18. The molecule has 1 atom stereocenters. The topological polar surface area (TPSA) is 56.8 Å². The van der Waals surface area contributed by atoms with Gasteiger partial charge in [0.1, 0.15) is 5.75 Å². The van der Waals surface area contributed by atoms with Crippen LogP contribution in [-0.2, 0) is 5.41 Å². The molecular weight excluding hydrogens is 224 g/mol. The summed E-state index contributed by atoms with van der Waals surface area (Å²) < 4.78 is 5.56. The molecule has 0 fully saturated rings. The molecule has 18 heavy (non-hydrogen) atoms. The summed E-state index contributed by atoms with van der Waals surface area (Å²) in [6.45, 7) is 4.61. The zero-order valence-corrected chi connectivity index (χ0v) is 10.9. The van der Waals surface area contributed by atoms with Gasteiger partial charge in [-0.3, -0.25) is 0 Å². The Morgan fingerprint density at radius 3 is 2.39 bits per heavy atom. The first kappa shape index (κ1) is 14.1. The number of unbranched alkanes of at least 4 members (excludes halogenated alkanes) is 1. The normalized spacial score (nSPS) is 13.1. The monoisotopic (exact) mass is 242 g/mol. The van der Waals surface area contributed by atoms with Gasteiger partial charge in [0, 0.05) is 0 Å². The van der Waals surface area contributed by atoms with Crippen molar-refractivity contribution in [2.75, 3.05) is 6.61 Å². The van der Waals surface area contributed by atoms with E-state index in [1.165, 1.54) is 0 Å². The second-order valence-corrected chi connectivity index (χ2v) is 4.51. The Balaban J connectivity index is 2.76. The molecule has 0 aliphatic rings. The van der Waals surface area contributed by atoms with Gasteiger partial charge >= 0.3 is 0 Å². The molecule has 0 aliphatic carbocycles. The lowest BCUT2D eigenvalue weighted by atomic mass is 9.81. The van der Waals surface area contributed by atoms with Crippen LogP contribution in [0.25, 0.3) is 0 Å². The molecule has 0 N–H and O–H groups in total. The molecule has 0 bridgehead atoms. The van der Waals surface area contributed by atoms with E-state index in [1.807, 2.05) is 24.3 Å². The summed E-state index contributed by atoms with van der Waals surface area (Å²) in [5, 5.41) is 17.9. The van der Waals surface area contributed by atoms with Gasteiger partial charge in [-0.25, -0.2) is 0 Å². The molecule has 0 amide bonds. The summed E-state index contributed by atoms with van der Waals surface area (Å²) in [5.74, 6) is 0.810. The van der Waals surface area contributed by atoms with Gasteiger partial charge in [-0.2, -0.15) is 10.5 Å². The van der Waals surface area contributed by atoms with Crippen molar-refractivity contribution in [1.82, 2.24) is 0 Å². The largest absolute Gasteiger partial charge is 0.494 e. The Morgan fingerprint density at radius 1 is 1.22 bits per heavy atom. The van der Waals surface area contributed by atoms with Crippen molar-refractivity contribution < 1.29 is 4.74 Å². The third-order valence-electron chi connectivity index (χ3n) is 2.94. The molecule has 1 aromatic carbocycles. The number of hydrogen-bond donors (Lipinski definition) is 0. The summed E-state index contributed by atoms with van der Waals surface area (Å²) in [4.78, 5) is 0. The lowest BCUT2D eigenvalue weighted by Crippen LogP contribution is -2.18. The Labute approximate surface area is 109 Å². The van der Waals surface area contributed by atoms with E-state index in [4.69, 9.17) is 10.00 Å². The van der Waals surface area contributed by atoms with E-state index in [9.17, 15) is 5.26 Å². The van der Waals surface area contributed by atoms with Gasteiger partial charge in [0.25, 0.3) is 0 Å². The minimum absolute atomic E-state index is 0.194. The van der Waals surface area contributed by atoms with Crippen molar-refractivity contribution in [2.24, 2.45) is 0 Å². The van der Waals surface area contributed by atoms with Crippen LogP contribution < -0.4 is 4.74 Å². The third kappa shape index (κ3) is 3.50. The van der Waals surface area contributed by atoms with E-state index in [2.05, 4.69) is 19.1 Å². The van der Waals surface area contributed by atoms with Gasteiger partial charge < -0.3 is 4.74 Å². The first-order valence-corrected chi connectivity index (χ1v) is 6.18. The molecular formula is C15H18N2O. The van der Waals surface area contributed by atoms with Crippen LogP contribution in [0.3, 0.4) is 0 Å². The third-order valence-corrected chi connectivity index (χ3v) is 2.94. The molecule has 0 heterocycles. The van der Waals surface area contributed by atoms with Crippen LogP contribution in [0.5, 0.6) is 5.75 Å². The summed E-state index contributed by atoms with van der Waals surface area (Å²) in [6.07, 6.45) is 2.33. The minimum atomic E-state index is -0.739. The Kier molecular flexibility index (Phi) is 5.21. The highest BCUT2D eigenvalue weighted by molar-refractivity contribution is 5.36. The number of benzene rings is 1. The van der Waals surface area contributed by atoms with E-state index in [0.717, 1.165) is 24.2 Å². The quantitative estimate of drug-likeness (QED) is 0.717. The van der Waals surface area contributed by atoms with Crippen LogP contribution in [0.1, 0.15) is 38.7 Å². The van der Waals surface area contributed by atoms with E-state index in [0.29, 0.717) is 6.61 Å². The number of nitriles is 2. The van der Waals surface area contributed by atoms with E-state index in [-0.39, 0.29) is 6.42 Å². The fraction of sp³-hybridized carbons (Fsp3) is 0.467. The standard InChI is InChI=1S/C15H18N2O/c1-3-4-11-18-14-7-5-13(6-8-14)15(2,12-17)9-10-16/h5-8H,3-4,9,11H2,1-2H3/t15-/m0/s1. The van der Waals surface area contributed by atoms with Crippen LogP contribution in [0.4, 0.5) is 0 Å². The lowest BCUT2D eigenvalue weighted by Gasteiger charge is -2.18. The number of ether oxygens (including phenoxy) is 1. The van der Waals surface area contributed by atoms with E-state index < -0.39 is 5.41 Å². The van der Waals surface area contributed by atoms with E-state index in [1.54, 1.807) is 6.92 Å². The van der Waals surface area contributed by atoms with Gasteiger partial charge in [-0.15, -0.1) is 0 Å². The molecule has 94 valence electrons. The summed E-state index contributed by atoms with van der Waals surface area (Å²) in [7, 11) is 0. The predicted octanol–water partition coefficient (Wildman–Crippen LogP) is 3.56. The first-order chi connectivity index (χ1) is 8.66. The summed E-state index contributed by atoms with van der Waals surface area (Å²) >= 11 is 0. The Morgan fingerprint density at radius 2 is 1.89 bits per heavy atom. The molecule has 0 aliphatic heterocycles. The van der Waals surface area contributed by atoms with Crippen molar-refractivity contribution in [2.45, 2.75) is 38.5 Å². The summed E-state index contributed by atoms with van der Waals surface area (Å²) in [5.41, 5.74) is 0.117. The molecule has 3 heteroatoms.